The standard InChI is InChI=1S/C12H25N/c1-7-13-9-8-10(11(2,3)4)12(13,5)6/h10H,7-9H2,1-6H3. The Morgan fingerprint density at radius 1 is 1.31 bits per heavy atom. The fraction of sp³-hybridized carbons (Fsp3) is 1.00. The van der Waals surface area contributed by atoms with Gasteiger partial charge in [0.05, 0.1) is 0 Å². The van der Waals surface area contributed by atoms with Gasteiger partial charge in [0, 0.05) is 5.54 Å². The van der Waals surface area contributed by atoms with Crippen LogP contribution in [0.15, 0.2) is 0 Å². The molecule has 0 radical (unpaired) electrons. The Morgan fingerprint density at radius 3 is 2.08 bits per heavy atom. The Labute approximate surface area is 83.5 Å². The van der Waals surface area contributed by atoms with Gasteiger partial charge in [0.1, 0.15) is 0 Å². The summed E-state index contributed by atoms with van der Waals surface area (Å²) in [5.41, 5.74) is 0.848. The van der Waals surface area contributed by atoms with Crippen LogP contribution in [-0.4, -0.2) is 23.5 Å². The van der Waals surface area contributed by atoms with Crippen LogP contribution in [-0.2, 0) is 0 Å². The van der Waals surface area contributed by atoms with Crippen molar-refractivity contribution in [3.8, 4) is 0 Å². The van der Waals surface area contributed by atoms with Crippen LogP contribution in [0.1, 0.15) is 48.0 Å². The molecule has 0 aromatic rings. The van der Waals surface area contributed by atoms with E-state index in [4.69, 9.17) is 0 Å². The van der Waals surface area contributed by atoms with E-state index in [0.717, 1.165) is 5.92 Å². The molecular formula is C12H25N. The molecule has 0 bridgehead atoms. The molecule has 0 aromatic carbocycles. The lowest BCUT2D eigenvalue weighted by Gasteiger charge is -2.41. The first-order chi connectivity index (χ1) is 5.80. The average Bonchev–Trinajstić information content (AvgIpc) is 2.22. The lowest BCUT2D eigenvalue weighted by atomic mass is 9.71. The highest BCUT2D eigenvalue weighted by Crippen LogP contribution is 2.44. The molecule has 1 saturated heterocycles. The largest absolute Gasteiger partial charge is 0.298 e. The predicted octanol–water partition coefficient (Wildman–Crippen LogP) is 3.15. The Balaban J connectivity index is 2.81. The highest BCUT2D eigenvalue weighted by atomic mass is 15.2. The van der Waals surface area contributed by atoms with E-state index in [2.05, 4.69) is 46.4 Å². The van der Waals surface area contributed by atoms with E-state index in [9.17, 15) is 0 Å². The van der Waals surface area contributed by atoms with E-state index in [0.29, 0.717) is 11.0 Å². The van der Waals surface area contributed by atoms with E-state index in [-0.39, 0.29) is 0 Å². The zero-order valence-corrected chi connectivity index (χ0v) is 10.1. The second-order valence-electron chi connectivity index (χ2n) is 5.94. The van der Waals surface area contributed by atoms with Crippen LogP contribution >= 0.6 is 0 Å². The lowest BCUT2D eigenvalue weighted by Crippen LogP contribution is -2.46. The Kier molecular flexibility index (Phi) is 2.78. The number of nitrogens with zero attached hydrogens (tertiary/aromatic N) is 1. The van der Waals surface area contributed by atoms with Crippen molar-refractivity contribution < 1.29 is 0 Å². The van der Waals surface area contributed by atoms with Crippen LogP contribution in [0.25, 0.3) is 0 Å². The third kappa shape index (κ3) is 1.90. The quantitative estimate of drug-likeness (QED) is 0.603. The van der Waals surface area contributed by atoms with E-state index < -0.39 is 0 Å². The number of likely N-dealkylation sites (tertiary alicyclic amines) is 1. The van der Waals surface area contributed by atoms with Gasteiger partial charge in [-0.3, -0.25) is 4.90 Å². The van der Waals surface area contributed by atoms with Crippen molar-refractivity contribution >= 4 is 0 Å². The van der Waals surface area contributed by atoms with Gasteiger partial charge in [-0.2, -0.15) is 0 Å². The molecule has 0 spiro atoms. The highest BCUT2D eigenvalue weighted by Gasteiger charge is 2.45. The molecule has 1 heteroatoms. The molecular weight excluding hydrogens is 158 g/mol. The summed E-state index contributed by atoms with van der Waals surface area (Å²) in [5, 5.41) is 0. The van der Waals surface area contributed by atoms with Crippen LogP contribution in [0.4, 0.5) is 0 Å². The number of rotatable bonds is 1. The summed E-state index contributed by atoms with van der Waals surface area (Å²) in [6.45, 7) is 16.7. The van der Waals surface area contributed by atoms with E-state index in [1.165, 1.54) is 19.5 Å². The molecule has 0 amide bonds. The van der Waals surface area contributed by atoms with Gasteiger partial charge < -0.3 is 0 Å². The minimum Gasteiger partial charge on any atom is -0.298 e. The smallest absolute Gasteiger partial charge is 0.0186 e. The molecule has 1 aliphatic heterocycles. The molecule has 1 fully saturated rings. The second kappa shape index (κ2) is 3.27. The van der Waals surface area contributed by atoms with Gasteiger partial charge in [0.2, 0.25) is 0 Å². The molecule has 1 unspecified atom stereocenters. The van der Waals surface area contributed by atoms with Crippen molar-refractivity contribution in [2.45, 2.75) is 53.5 Å². The third-order valence-corrected chi connectivity index (χ3v) is 3.78. The lowest BCUT2D eigenvalue weighted by molar-refractivity contribution is 0.0836. The molecule has 0 N–H and O–H groups in total. The summed E-state index contributed by atoms with van der Waals surface area (Å²) >= 11 is 0. The van der Waals surface area contributed by atoms with Gasteiger partial charge in [0.15, 0.2) is 0 Å². The molecule has 1 nitrogen and oxygen atoms in total. The predicted molar refractivity (Wildman–Crippen MR) is 58.9 cm³/mol. The first-order valence-corrected chi connectivity index (χ1v) is 5.55. The van der Waals surface area contributed by atoms with E-state index in [1.807, 2.05) is 0 Å². The summed E-state index contributed by atoms with van der Waals surface area (Å²) in [6.07, 6.45) is 1.37. The monoisotopic (exact) mass is 183 g/mol. The van der Waals surface area contributed by atoms with E-state index >= 15 is 0 Å². The maximum Gasteiger partial charge on any atom is 0.0186 e. The average molecular weight is 183 g/mol. The molecule has 1 rings (SSSR count). The van der Waals surface area contributed by atoms with Gasteiger partial charge in [-0.05, 0) is 44.7 Å². The zero-order valence-electron chi connectivity index (χ0n) is 10.1. The SMILES string of the molecule is CCN1CCC(C(C)(C)C)C1(C)C. The summed E-state index contributed by atoms with van der Waals surface area (Å²) in [7, 11) is 0. The van der Waals surface area contributed by atoms with Gasteiger partial charge in [-0.1, -0.05) is 27.7 Å². The summed E-state index contributed by atoms with van der Waals surface area (Å²) in [5.74, 6) is 0.833. The van der Waals surface area contributed by atoms with Gasteiger partial charge in [-0.15, -0.1) is 0 Å². The minimum absolute atomic E-state index is 0.396. The van der Waals surface area contributed by atoms with Crippen LogP contribution in [0.5, 0.6) is 0 Å². The highest BCUT2D eigenvalue weighted by molar-refractivity contribution is 4.99. The van der Waals surface area contributed by atoms with E-state index in [1.54, 1.807) is 0 Å². The molecule has 0 aromatic heterocycles. The summed E-state index contributed by atoms with van der Waals surface area (Å²) < 4.78 is 0. The van der Waals surface area contributed by atoms with Gasteiger partial charge in [-0.25, -0.2) is 0 Å². The van der Waals surface area contributed by atoms with Crippen LogP contribution < -0.4 is 0 Å². The second-order valence-corrected chi connectivity index (χ2v) is 5.94. The first-order valence-electron chi connectivity index (χ1n) is 5.55. The molecule has 0 aliphatic carbocycles. The zero-order chi connectivity index (χ0) is 10.3. The van der Waals surface area contributed by atoms with Gasteiger partial charge in [0.25, 0.3) is 0 Å². The Hall–Kier alpha value is -0.0400. The first kappa shape index (κ1) is 11.0. The Morgan fingerprint density at radius 2 is 1.85 bits per heavy atom. The van der Waals surface area contributed by atoms with Crippen molar-refractivity contribution in [2.24, 2.45) is 11.3 Å². The third-order valence-electron chi connectivity index (χ3n) is 3.78. The molecule has 1 aliphatic rings. The topological polar surface area (TPSA) is 3.24 Å². The molecule has 78 valence electrons. The van der Waals surface area contributed by atoms with Crippen LogP contribution in [0, 0.1) is 11.3 Å². The Bertz CT molecular complexity index is 176. The minimum atomic E-state index is 0.396. The van der Waals surface area contributed by atoms with Crippen molar-refractivity contribution in [1.82, 2.24) is 4.90 Å². The van der Waals surface area contributed by atoms with Crippen LogP contribution in [0.3, 0.4) is 0 Å². The number of hydrogen-bond donors (Lipinski definition) is 0. The molecule has 1 heterocycles. The summed E-state index contributed by atoms with van der Waals surface area (Å²) in [4.78, 5) is 2.61. The van der Waals surface area contributed by atoms with Crippen molar-refractivity contribution in [2.75, 3.05) is 13.1 Å². The van der Waals surface area contributed by atoms with Gasteiger partial charge >= 0.3 is 0 Å². The maximum atomic E-state index is 2.61. The fourth-order valence-corrected chi connectivity index (χ4v) is 3.21. The molecule has 0 saturated carbocycles. The van der Waals surface area contributed by atoms with Crippen molar-refractivity contribution in [3.63, 3.8) is 0 Å². The number of hydrogen-bond acceptors (Lipinski definition) is 1. The molecule has 13 heavy (non-hydrogen) atoms. The fourth-order valence-electron chi connectivity index (χ4n) is 3.21. The summed E-state index contributed by atoms with van der Waals surface area (Å²) in [6, 6.07) is 0. The molecule has 1 atom stereocenters. The van der Waals surface area contributed by atoms with Crippen LogP contribution in [0.2, 0.25) is 0 Å². The normalized spacial score (nSPS) is 29.5. The maximum absolute atomic E-state index is 2.61. The van der Waals surface area contributed by atoms with Crippen molar-refractivity contribution in [1.29, 1.82) is 0 Å². The van der Waals surface area contributed by atoms with Crippen molar-refractivity contribution in [3.05, 3.63) is 0 Å².